The summed E-state index contributed by atoms with van der Waals surface area (Å²) in [6, 6.07) is 9.65. The third kappa shape index (κ3) is 3.97. The summed E-state index contributed by atoms with van der Waals surface area (Å²) in [6.07, 6.45) is 5.78. The van der Waals surface area contributed by atoms with Crippen molar-refractivity contribution in [2.75, 3.05) is 13.2 Å². The molecule has 0 radical (unpaired) electrons. The van der Waals surface area contributed by atoms with Crippen LogP contribution in [0.25, 0.3) is 22.3 Å². The maximum Gasteiger partial charge on any atom is 0.263 e. The summed E-state index contributed by atoms with van der Waals surface area (Å²) in [6.45, 7) is 1.37. The van der Waals surface area contributed by atoms with Crippen molar-refractivity contribution in [3.05, 3.63) is 74.5 Å². The second kappa shape index (κ2) is 8.66. The van der Waals surface area contributed by atoms with Crippen molar-refractivity contribution in [3.63, 3.8) is 0 Å². The van der Waals surface area contributed by atoms with Gasteiger partial charge >= 0.3 is 0 Å². The van der Waals surface area contributed by atoms with Crippen molar-refractivity contribution >= 4 is 28.1 Å². The van der Waals surface area contributed by atoms with E-state index in [1.165, 1.54) is 22.5 Å². The number of pyridine rings is 1. The Bertz CT molecular complexity index is 1430. The Hall–Kier alpha value is -3.56. The number of carbonyl (C=O) groups is 1. The second-order valence-corrected chi connectivity index (χ2v) is 9.47. The predicted molar refractivity (Wildman–Crippen MR) is 128 cm³/mol. The van der Waals surface area contributed by atoms with Crippen LogP contribution in [0.1, 0.15) is 27.2 Å². The molecule has 1 aliphatic carbocycles. The summed E-state index contributed by atoms with van der Waals surface area (Å²) in [4.78, 5) is 37.6. The van der Waals surface area contributed by atoms with Crippen molar-refractivity contribution in [3.8, 4) is 17.1 Å². The summed E-state index contributed by atoms with van der Waals surface area (Å²) in [5.74, 6) is 1.05. The first-order valence-electron chi connectivity index (χ1n) is 11.2. The van der Waals surface area contributed by atoms with E-state index in [9.17, 15) is 9.59 Å². The highest BCUT2D eigenvalue weighted by molar-refractivity contribution is 7.13. The number of carbonyl (C=O) groups excluding carboxylic acids is 1. The van der Waals surface area contributed by atoms with E-state index < -0.39 is 0 Å². The molecule has 0 spiro atoms. The first kappa shape index (κ1) is 21.0. The Morgan fingerprint density at radius 3 is 2.85 bits per heavy atom. The van der Waals surface area contributed by atoms with Gasteiger partial charge in [-0.25, -0.2) is 4.98 Å². The molecule has 172 valence electrons. The van der Waals surface area contributed by atoms with Crippen LogP contribution in [0, 0.1) is 0 Å². The molecule has 4 aromatic rings. The van der Waals surface area contributed by atoms with Gasteiger partial charge in [-0.1, -0.05) is 6.07 Å². The molecule has 2 N–H and O–H groups in total. The molecule has 4 heterocycles. The van der Waals surface area contributed by atoms with Gasteiger partial charge in [-0.05, 0) is 48.2 Å². The number of benzene rings is 1. The molecule has 6 rings (SSSR count). The number of aromatic amines is 1. The van der Waals surface area contributed by atoms with E-state index in [0.717, 1.165) is 37.2 Å². The lowest BCUT2D eigenvalue weighted by atomic mass is 10.1. The van der Waals surface area contributed by atoms with Crippen LogP contribution in [-0.2, 0) is 17.6 Å². The van der Waals surface area contributed by atoms with Crippen molar-refractivity contribution in [1.82, 2.24) is 20.3 Å². The van der Waals surface area contributed by atoms with Gasteiger partial charge in [0, 0.05) is 35.8 Å². The number of amides is 1. The summed E-state index contributed by atoms with van der Waals surface area (Å²) >= 11 is 1.24. The van der Waals surface area contributed by atoms with E-state index in [1.54, 1.807) is 29.9 Å². The van der Waals surface area contributed by atoms with Gasteiger partial charge in [-0.3, -0.25) is 14.6 Å². The number of nitrogens with zero attached hydrogens (tertiary/aromatic N) is 2. The number of hydrogen-bond acceptors (Lipinski definition) is 7. The SMILES string of the molecule is O=C(N[C@@H]1Cc2ccc(OC3CCOC3)cc2C1)c1scc2c(=O)[nH]c(-c3ccncc3)nc12. The lowest BCUT2D eigenvalue weighted by Gasteiger charge is -2.12. The van der Waals surface area contributed by atoms with Gasteiger partial charge in [0.15, 0.2) is 0 Å². The van der Waals surface area contributed by atoms with E-state index in [-0.39, 0.29) is 23.6 Å². The van der Waals surface area contributed by atoms with Gasteiger partial charge in [0.2, 0.25) is 0 Å². The summed E-state index contributed by atoms with van der Waals surface area (Å²) in [7, 11) is 0. The molecule has 2 atom stereocenters. The number of thiophene rings is 1. The zero-order chi connectivity index (χ0) is 23.1. The minimum atomic E-state index is -0.263. The van der Waals surface area contributed by atoms with Gasteiger partial charge in [-0.2, -0.15) is 0 Å². The Balaban J connectivity index is 1.20. The minimum Gasteiger partial charge on any atom is -0.488 e. The molecule has 3 aromatic heterocycles. The van der Waals surface area contributed by atoms with E-state index in [1.807, 2.05) is 6.07 Å². The van der Waals surface area contributed by atoms with Gasteiger partial charge in [0.25, 0.3) is 11.5 Å². The van der Waals surface area contributed by atoms with E-state index >= 15 is 0 Å². The molecule has 2 aliphatic rings. The smallest absolute Gasteiger partial charge is 0.263 e. The highest BCUT2D eigenvalue weighted by Crippen LogP contribution is 2.29. The quantitative estimate of drug-likeness (QED) is 0.460. The molecular formula is C25H22N4O4S. The number of nitrogens with one attached hydrogen (secondary N) is 2. The lowest BCUT2D eigenvalue weighted by molar-refractivity contribution is 0.0944. The minimum absolute atomic E-state index is 0.0219. The number of rotatable bonds is 5. The average Bonchev–Trinajstić information content (AvgIpc) is 3.59. The Kier molecular flexibility index (Phi) is 5.35. The molecule has 0 saturated carbocycles. The molecule has 1 unspecified atom stereocenters. The van der Waals surface area contributed by atoms with Gasteiger partial charge in [0.05, 0.1) is 18.6 Å². The van der Waals surface area contributed by atoms with Crippen LogP contribution >= 0.6 is 11.3 Å². The number of fused-ring (bicyclic) bond motifs is 2. The zero-order valence-corrected chi connectivity index (χ0v) is 19.1. The summed E-state index contributed by atoms with van der Waals surface area (Å²) < 4.78 is 11.4. The Morgan fingerprint density at radius 2 is 2.03 bits per heavy atom. The molecular weight excluding hydrogens is 452 g/mol. The fraction of sp³-hybridized carbons (Fsp3) is 0.280. The normalized spacial score (nSPS) is 19.3. The maximum absolute atomic E-state index is 13.2. The molecule has 1 saturated heterocycles. The fourth-order valence-electron chi connectivity index (χ4n) is 4.57. The van der Waals surface area contributed by atoms with E-state index in [0.29, 0.717) is 28.2 Å². The highest BCUT2D eigenvalue weighted by Gasteiger charge is 2.26. The Morgan fingerprint density at radius 1 is 1.18 bits per heavy atom. The standard InChI is InChI=1S/C25H22N4O4S/c30-24-20-13-34-22(21(20)28-23(29-24)14-3-6-26-7-4-14)25(31)27-17-9-15-1-2-18(11-16(15)10-17)33-19-5-8-32-12-19/h1-4,6-7,11,13,17,19H,5,8-10,12H2,(H,27,31)(H,28,29,30)/t17-,19?/m1/s1. The fourth-order valence-corrected chi connectivity index (χ4v) is 5.45. The number of aromatic nitrogens is 3. The van der Waals surface area contributed by atoms with Crippen molar-refractivity contribution in [2.45, 2.75) is 31.4 Å². The van der Waals surface area contributed by atoms with Gasteiger partial charge in [0.1, 0.15) is 28.1 Å². The zero-order valence-electron chi connectivity index (χ0n) is 18.2. The van der Waals surface area contributed by atoms with Crippen LogP contribution in [0.2, 0.25) is 0 Å². The molecule has 9 heteroatoms. The lowest BCUT2D eigenvalue weighted by Crippen LogP contribution is -2.35. The van der Waals surface area contributed by atoms with Crippen molar-refractivity contribution in [1.29, 1.82) is 0 Å². The van der Waals surface area contributed by atoms with Gasteiger partial charge in [-0.15, -0.1) is 11.3 Å². The monoisotopic (exact) mass is 474 g/mol. The van der Waals surface area contributed by atoms with Crippen LogP contribution in [0.5, 0.6) is 5.75 Å². The molecule has 1 fully saturated rings. The predicted octanol–water partition coefficient (Wildman–Crippen LogP) is 3.11. The topological polar surface area (TPSA) is 106 Å². The summed E-state index contributed by atoms with van der Waals surface area (Å²) in [5, 5.41) is 5.24. The largest absolute Gasteiger partial charge is 0.488 e. The van der Waals surface area contributed by atoms with Crippen LogP contribution in [0.15, 0.2) is 52.9 Å². The van der Waals surface area contributed by atoms with Gasteiger partial charge < -0.3 is 19.8 Å². The van der Waals surface area contributed by atoms with Crippen LogP contribution < -0.4 is 15.6 Å². The average molecular weight is 475 g/mol. The molecule has 0 bridgehead atoms. The molecule has 34 heavy (non-hydrogen) atoms. The third-order valence-electron chi connectivity index (χ3n) is 6.26. The molecule has 1 amide bonds. The van der Waals surface area contributed by atoms with Crippen LogP contribution in [0.3, 0.4) is 0 Å². The van der Waals surface area contributed by atoms with E-state index in [4.69, 9.17) is 9.47 Å². The number of H-pyrrole nitrogens is 1. The number of hydrogen-bond donors (Lipinski definition) is 2. The molecule has 1 aromatic carbocycles. The number of ether oxygens (including phenoxy) is 2. The molecule has 1 aliphatic heterocycles. The first-order valence-corrected chi connectivity index (χ1v) is 12.1. The van der Waals surface area contributed by atoms with Crippen molar-refractivity contribution in [2.24, 2.45) is 0 Å². The van der Waals surface area contributed by atoms with Crippen LogP contribution in [0.4, 0.5) is 0 Å². The summed E-state index contributed by atoms with van der Waals surface area (Å²) in [5.41, 5.74) is 3.29. The third-order valence-corrected chi connectivity index (χ3v) is 7.23. The first-order chi connectivity index (χ1) is 16.6. The maximum atomic E-state index is 13.2. The van der Waals surface area contributed by atoms with Crippen molar-refractivity contribution < 1.29 is 14.3 Å². The Labute approximate surface area is 199 Å². The van der Waals surface area contributed by atoms with Crippen LogP contribution in [-0.4, -0.2) is 46.2 Å². The highest BCUT2D eigenvalue weighted by atomic mass is 32.1. The molecule has 8 nitrogen and oxygen atoms in total. The van der Waals surface area contributed by atoms with E-state index in [2.05, 4.69) is 32.4 Å². The second-order valence-electron chi connectivity index (χ2n) is 8.59.